The number of piperidine rings is 1. The van der Waals surface area contributed by atoms with Crippen LogP contribution in [0.3, 0.4) is 0 Å². The van der Waals surface area contributed by atoms with Crippen LogP contribution in [0, 0.1) is 23.1 Å². The summed E-state index contributed by atoms with van der Waals surface area (Å²) >= 11 is 0. The third-order valence-electron chi connectivity index (χ3n) is 7.64. The molecule has 5 rings (SSSR count). The lowest BCUT2D eigenvalue weighted by molar-refractivity contribution is -0.143. The minimum absolute atomic E-state index is 0.0175. The quantitative estimate of drug-likeness (QED) is 0.582. The number of ether oxygens (including phenoxy) is 1. The molecule has 36 heavy (non-hydrogen) atoms. The van der Waals surface area contributed by atoms with Gasteiger partial charge in [-0.15, -0.1) is 0 Å². The largest absolute Gasteiger partial charge is 0.477 e. The fourth-order valence-corrected chi connectivity index (χ4v) is 5.89. The van der Waals surface area contributed by atoms with Crippen molar-refractivity contribution in [1.29, 1.82) is 5.26 Å². The molecule has 0 amide bonds. The highest BCUT2D eigenvalue weighted by molar-refractivity contribution is 5.96. The van der Waals surface area contributed by atoms with E-state index in [2.05, 4.69) is 11.0 Å². The number of nitriles is 1. The van der Waals surface area contributed by atoms with Crippen LogP contribution in [-0.4, -0.2) is 65.3 Å². The molecule has 190 valence electrons. The number of aromatic nitrogens is 1. The van der Waals surface area contributed by atoms with Gasteiger partial charge in [0.15, 0.2) is 0 Å². The highest BCUT2D eigenvalue weighted by atomic mass is 19.1. The average molecular weight is 497 g/mol. The van der Waals surface area contributed by atoms with Crippen molar-refractivity contribution in [1.82, 2.24) is 9.47 Å². The monoisotopic (exact) mass is 496 g/mol. The second-order valence-corrected chi connectivity index (χ2v) is 9.87. The summed E-state index contributed by atoms with van der Waals surface area (Å²) in [7, 11) is 0. The number of carboxylic acids is 1. The van der Waals surface area contributed by atoms with Crippen LogP contribution in [0.25, 0.3) is 10.9 Å². The first-order valence-electron chi connectivity index (χ1n) is 12.5. The number of carbonyl (C=O) groups excluding carboxylic acids is 1. The van der Waals surface area contributed by atoms with Crippen molar-refractivity contribution in [3.63, 3.8) is 0 Å². The number of anilines is 1. The molecule has 1 N–H and O–H groups in total. The van der Waals surface area contributed by atoms with Gasteiger partial charge in [-0.25, -0.2) is 9.18 Å². The zero-order chi connectivity index (χ0) is 25.6. The molecule has 1 aromatic heterocycles. The molecule has 0 bridgehead atoms. The molecule has 0 radical (unpaired) electrons. The summed E-state index contributed by atoms with van der Waals surface area (Å²) < 4.78 is 22.4. The topological polar surface area (TPSA) is 116 Å². The van der Waals surface area contributed by atoms with Gasteiger partial charge in [-0.2, -0.15) is 5.26 Å². The standard InChI is InChI=1S/C26H29FN4O5/c1-2-36-22(32)7-9-29-8-3-4-15-12-30(14-21(15)29)24-18(11-28)23-17(10-20(24)27)25(33)19(26(34)35)13-31(23)16-5-6-16/h10,13,15-16,21H,2-9,12,14H2,1H3,(H,34,35). The van der Waals surface area contributed by atoms with Gasteiger partial charge in [0.1, 0.15) is 23.0 Å². The van der Waals surface area contributed by atoms with Gasteiger partial charge in [0.05, 0.1) is 29.6 Å². The van der Waals surface area contributed by atoms with E-state index in [1.807, 2.05) is 4.90 Å². The first-order chi connectivity index (χ1) is 17.3. The van der Waals surface area contributed by atoms with Gasteiger partial charge < -0.3 is 19.3 Å². The molecule has 3 fully saturated rings. The summed E-state index contributed by atoms with van der Waals surface area (Å²) in [6.45, 7) is 4.61. The lowest BCUT2D eigenvalue weighted by atomic mass is 9.92. The van der Waals surface area contributed by atoms with Gasteiger partial charge in [0.2, 0.25) is 5.43 Å². The van der Waals surface area contributed by atoms with Crippen LogP contribution in [0.4, 0.5) is 10.1 Å². The van der Waals surface area contributed by atoms with Crippen LogP contribution >= 0.6 is 0 Å². The van der Waals surface area contributed by atoms with Gasteiger partial charge in [-0.05, 0) is 51.1 Å². The fourth-order valence-electron chi connectivity index (χ4n) is 5.89. The number of hydrogen-bond donors (Lipinski definition) is 1. The van der Waals surface area contributed by atoms with E-state index in [4.69, 9.17) is 4.74 Å². The molecule has 1 aliphatic carbocycles. The first kappa shape index (κ1) is 24.3. The Bertz CT molecular complexity index is 1330. The van der Waals surface area contributed by atoms with E-state index in [1.54, 1.807) is 11.5 Å². The molecule has 3 aliphatic rings. The molecular weight excluding hydrogens is 467 g/mol. The van der Waals surface area contributed by atoms with Gasteiger partial charge in [-0.1, -0.05) is 0 Å². The minimum atomic E-state index is -1.37. The van der Waals surface area contributed by atoms with Gasteiger partial charge >= 0.3 is 11.9 Å². The lowest BCUT2D eigenvalue weighted by Gasteiger charge is -2.36. The van der Waals surface area contributed by atoms with Crippen LogP contribution in [-0.2, 0) is 9.53 Å². The molecule has 2 aromatic rings. The van der Waals surface area contributed by atoms with E-state index in [0.29, 0.717) is 38.2 Å². The number of likely N-dealkylation sites (tertiary alicyclic amines) is 1. The molecule has 3 heterocycles. The molecule has 2 unspecified atom stereocenters. The highest BCUT2D eigenvalue weighted by Gasteiger charge is 2.41. The number of benzene rings is 1. The van der Waals surface area contributed by atoms with Gasteiger partial charge in [0.25, 0.3) is 0 Å². The van der Waals surface area contributed by atoms with Crippen LogP contribution < -0.4 is 10.3 Å². The number of nitrogens with zero attached hydrogens (tertiary/aromatic N) is 4. The predicted octanol–water partition coefficient (Wildman–Crippen LogP) is 2.90. The van der Waals surface area contributed by atoms with Crippen molar-refractivity contribution < 1.29 is 23.8 Å². The van der Waals surface area contributed by atoms with Crippen LogP contribution in [0.2, 0.25) is 0 Å². The van der Waals surface area contributed by atoms with E-state index in [9.17, 15) is 24.8 Å². The van der Waals surface area contributed by atoms with Gasteiger partial charge in [0, 0.05) is 37.9 Å². The summed E-state index contributed by atoms with van der Waals surface area (Å²) in [5.74, 6) is -2.04. The van der Waals surface area contributed by atoms with Gasteiger partial charge in [-0.3, -0.25) is 14.5 Å². The zero-order valence-corrected chi connectivity index (χ0v) is 20.2. The SMILES string of the molecule is CCOC(=O)CCN1CCCC2CN(c3c(F)cc4c(=O)c(C(=O)O)cn(C5CC5)c4c3C#N)CC21. The number of rotatable bonds is 7. The Balaban J connectivity index is 1.53. The normalized spacial score (nSPS) is 21.9. The van der Waals surface area contributed by atoms with E-state index in [1.165, 1.54) is 6.20 Å². The van der Waals surface area contributed by atoms with E-state index in [0.717, 1.165) is 38.3 Å². The number of hydrogen-bond acceptors (Lipinski definition) is 7. The van der Waals surface area contributed by atoms with Crippen molar-refractivity contribution in [2.24, 2.45) is 5.92 Å². The van der Waals surface area contributed by atoms with E-state index < -0.39 is 22.8 Å². The number of halogens is 1. The number of aromatic carboxylic acids is 1. The Morgan fingerprint density at radius 1 is 1.28 bits per heavy atom. The second-order valence-electron chi connectivity index (χ2n) is 9.87. The Labute approximate surface area is 207 Å². The smallest absolute Gasteiger partial charge is 0.341 e. The summed E-state index contributed by atoms with van der Waals surface area (Å²) in [6, 6.07) is 3.34. The molecule has 9 nitrogen and oxygen atoms in total. The molecular formula is C26H29FN4O5. The summed E-state index contributed by atoms with van der Waals surface area (Å²) in [5.41, 5.74) is -0.656. The minimum Gasteiger partial charge on any atom is -0.477 e. The first-order valence-corrected chi connectivity index (χ1v) is 12.5. The maximum atomic E-state index is 15.6. The lowest BCUT2D eigenvalue weighted by Crippen LogP contribution is -2.46. The molecule has 2 saturated heterocycles. The van der Waals surface area contributed by atoms with Crippen LogP contribution in [0.5, 0.6) is 0 Å². The number of carboxylic acid groups (broad SMARTS) is 1. The number of pyridine rings is 1. The Kier molecular flexibility index (Phi) is 6.43. The second kappa shape index (κ2) is 9.54. The van der Waals surface area contributed by atoms with Crippen molar-refractivity contribution in [2.45, 2.75) is 51.1 Å². The van der Waals surface area contributed by atoms with Crippen molar-refractivity contribution >= 4 is 28.5 Å². The third kappa shape index (κ3) is 4.22. The Hall–Kier alpha value is -3.45. The van der Waals surface area contributed by atoms with Crippen LogP contribution in [0.15, 0.2) is 17.1 Å². The maximum absolute atomic E-state index is 15.6. The third-order valence-corrected chi connectivity index (χ3v) is 7.64. The van der Waals surface area contributed by atoms with Crippen molar-refractivity contribution in [3.05, 3.63) is 39.4 Å². The molecule has 1 saturated carbocycles. The van der Waals surface area contributed by atoms with E-state index >= 15 is 4.39 Å². The highest BCUT2D eigenvalue weighted by Crippen LogP contribution is 2.42. The predicted molar refractivity (Wildman–Crippen MR) is 130 cm³/mol. The maximum Gasteiger partial charge on any atom is 0.341 e. The zero-order valence-electron chi connectivity index (χ0n) is 20.2. The summed E-state index contributed by atoms with van der Waals surface area (Å²) in [4.78, 5) is 40.6. The molecule has 10 heteroatoms. The summed E-state index contributed by atoms with van der Waals surface area (Å²) in [6.07, 6.45) is 5.15. The molecule has 1 aromatic carbocycles. The van der Waals surface area contributed by atoms with Crippen molar-refractivity contribution in [2.75, 3.05) is 37.7 Å². The number of carbonyl (C=O) groups is 2. The fraction of sp³-hybridized carbons (Fsp3) is 0.538. The Morgan fingerprint density at radius 2 is 2.06 bits per heavy atom. The summed E-state index contributed by atoms with van der Waals surface area (Å²) in [5, 5.41) is 19.6. The van der Waals surface area contributed by atoms with Crippen LogP contribution in [0.1, 0.15) is 61.0 Å². The average Bonchev–Trinajstić information content (AvgIpc) is 3.60. The Morgan fingerprint density at radius 3 is 2.72 bits per heavy atom. The van der Waals surface area contributed by atoms with Crippen molar-refractivity contribution in [3.8, 4) is 6.07 Å². The number of esters is 1. The molecule has 2 atom stereocenters. The molecule has 2 aliphatic heterocycles. The van der Waals surface area contributed by atoms with E-state index in [-0.39, 0.29) is 40.6 Å². The molecule has 0 spiro atoms. The number of fused-ring (bicyclic) bond motifs is 2.